The molecule has 0 radical (unpaired) electrons. The van der Waals surface area contributed by atoms with Crippen molar-refractivity contribution < 1.29 is 4.21 Å². The van der Waals surface area contributed by atoms with Crippen molar-refractivity contribution in [3.05, 3.63) is 11.1 Å². The van der Waals surface area contributed by atoms with Gasteiger partial charge in [-0.25, -0.2) is 0 Å². The first-order valence-electron chi connectivity index (χ1n) is 5.40. The van der Waals surface area contributed by atoms with Crippen molar-refractivity contribution in [2.24, 2.45) is 10.8 Å². The molecule has 0 bridgehead atoms. The molecule has 16 heavy (non-hydrogen) atoms. The number of alkyl halides is 2. The molecule has 1 unspecified atom stereocenters. The summed E-state index contributed by atoms with van der Waals surface area (Å²) in [4.78, 5) is 0. The smallest absolute Gasteiger partial charge is 0.113 e. The summed E-state index contributed by atoms with van der Waals surface area (Å²) in [6, 6.07) is 0. The Morgan fingerprint density at radius 3 is 1.31 bits per heavy atom. The van der Waals surface area contributed by atoms with Crippen LogP contribution in [0.3, 0.4) is 0 Å². The molecule has 1 nitrogen and oxygen atoms in total. The average molecular weight is 372 g/mol. The average Bonchev–Trinajstić information content (AvgIpc) is 2.27. The van der Waals surface area contributed by atoms with Gasteiger partial charge in [-0.05, 0) is 22.0 Å². The summed E-state index contributed by atoms with van der Waals surface area (Å²) in [5.41, 5.74) is 2.68. The molecule has 0 aromatic carbocycles. The van der Waals surface area contributed by atoms with Crippen LogP contribution in [-0.4, -0.2) is 12.5 Å². The van der Waals surface area contributed by atoms with E-state index in [9.17, 15) is 4.21 Å². The van der Waals surface area contributed by atoms with Crippen molar-refractivity contribution >= 4 is 42.7 Å². The van der Waals surface area contributed by atoms with Crippen molar-refractivity contribution in [3.8, 4) is 0 Å². The summed E-state index contributed by atoms with van der Waals surface area (Å²) < 4.78 is 12.2. The largest absolute Gasteiger partial charge is 0.257 e. The van der Waals surface area contributed by atoms with Crippen LogP contribution in [0.15, 0.2) is 11.1 Å². The first kappa shape index (κ1) is 14.9. The summed E-state index contributed by atoms with van der Waals surface area (Å²) in [6.07, 6.45) is 0. The van der Waals surface area contributed by atoms with Crippen molar-refractivity contribution in [2.75, 3.05) is 0 Å². The maximum atomic E-state index is 12.2. The van der Waals surface area contributed by atoms with Crippen LogP contribution in [0.25, 0.3) is 0 Å². The molecule has 0 aromatic rings. The predicted molar refractivity (Wildman–Crippen MR) is 79.5 cm³/mol. The molecular weight excluding hydrogens is 352 g/mol. The van der Waals surface area contributed by atoms with E-state index in [2.05, 4.69) is 73.4 Å². The Morgan fingerprint density at radius 1 is 0.875 bits per heavy atom. The molecule has 94 valence electrons. The predicted octanol–water partition coefficient (Wildman–Crippen LogP) is 4.58. The van der Waals surface area contributed by atoms with Gasteiger partial charge in [0.2, 0.25) is 0 Å². The second kappa shape index (κ2) is 4.51. The lowest BCUT2D eigenvalue weighted by Crippen LogP contribution is -2.21. The molecule has 0 saturated heterocycles. The molecule has 3 atom stereocenters. The molecule has 0 amide bonds. The van der Waals surface area contributed by atoms with Gasteiger partial charge in [-0.1, -0.05) is 73.4 Å². The first-order valence-corrected chi connectivity index (χ1v) is 8.51. The van der Waals surface area contributed by atoms with Crippen LogP contribution in [0, 0.1) is 10.8 Å². The third-order valence-electron chi connectivity index (χ3n) is 2.77. The van der Waals surface area contributed by atoms with Gasteiger partial charge in [0.25, 0.3) is 0 Å². The van der Waals surface area contributed by atoms with Crippen LogP contribution < -0.4 is 0 Å². The van der Waals surface area contributed by atoms with E-state index in [1.54, 1.807) is 0 Å². The molecule has 1 aliphatic heterocycles. The number of hydrogen-bond donors (Lipinski definition) is 0. The summed E-state index contributed by atoms with van der Waals surface area (Å²) in [7, 11) is -0.906. The molecular formula is C12H20Br2OS. The van der Waals surface area contributed by atoms with Gasteiger partial charge in [0.15, 0.2) is 0 Å². The number of halogens is 2. The second-order valence-corrected chi connectivity index (χ2v) is 10.9. The van der Waals surface area contributed by atoms with Crippen molar-refractivity contribution in [1.29, 1.82) is 0 Å². The minimum absolute atomic E-state index is 0.0221. The molecule has 1 heterocycles. The van der Waals surface area contributed by atoms with E-state index in [-0.39, 0.29) is 19.1 Å². The Hall–Kier alpha value is 0.850. The van der Waals surface area contributed by atoms with Gasteiger partial charge in [0.1, 0.15) is 8.32 Å². The van der Waals surface area contributed by atoms with E-state index in [4.69, 9.17) is 0 Å². The highest BCUT2D eigenvalue weighted by molar-refractivity contribution is 9.13. The van der Waals surface area contributed by atoms with Gasteiger partial charge < -0.3 is 0 Å². The van der Waals surface area contributed by atoms with Crippen molar-refractivity contribution in [2.45, 2.75) is 49.9 Å². The molecule has 1 rings (SSSR count). The second-order valence-electron chi connectivity index (χ2n) is 6.29. The molecule has 0 aromatic heterocycles. The fourth-order valence-electron chi connectivity index (χ4n) is 2.07. The highest BCUT2D eigenvalue weighted by Gasteiger charge is 2.45. The zero-order valence-electron chi connectivity index (χ0n) is 10.7. The molecule has 0 aliphatic carbocycles. The van der Waals surface area contributed by atoms with Crippen LogP contribution >= 0.6 is 31.9 Å². The zero-order valence-corrected chi connectivity index (χ0v) is 14.7. The van der Waals surface area contributed by atoms with E-state index < -0.39 is 10.8 Å². The fraction of sp³-hybridized carbons (Fsp3) is 0.833. The van der Waals surface area contributed by atoms with E-state index in [0.29, 0.717) is 0 Å². The Labute approximate surface area is 118 Å². The quantitative estimate of drug-likeness (QED) is 0.450. The normalized spacial score (nSPS) is 32.4. The standard InChI is InChI=1S/C12H20Br2OS/c1-11(2,3)7-8(12(4,5)6)10(14)16(15)9(7)13/h9-10H,1-6H3/t9-,10+,16?. The van der Waals surface area contributed by atoms with E-state index in [1.807, 2.05) is 0 Å². The van der Waals surface area contributed by atoms with Gasteiger partial charge >= 0.3 is 0 Å². The van der Waals surface area contributed by atoms with Crippen LogP contribution in [0.4, 0.5) is 0 Å². The van der Waals surface area contributed by atoms with E-state index in [0.717, 1.165) is 0 Å². The molecule has 0 saturated carbocycles. The Balaban J connectivity index is 3.43. The lowest BCUT2D eigenvalue weighted by Gasteiger charge is -2.30. The van der Waals surface area contributed by atoms with Crippen LogP contribution in [0.2, 0.25) is 0 Å². The Kier molecular flexibility index (Phi) is 4.20. The van der Waals surface area contributed by atoms with E-state index >= 15 is 0 Å². The first-order chi connectivity index (χ1) is 6.98. The monoisotopic (exact) mass is 370 g/mol. The molecule has 1 aliphatic rings. The minimum atomic E-state index is -0.906. The van der Waals surface area contributed by atoms with Crippen LogP contribution in [-0.2, 0) is 10.8 Å². The third kappa shape index (κ3) is 2.64. The van der Waals surface area contributed by atoms with Crippen molar-refractivity contribution in [1.82, 2.24) is 0 Å². The molecule has 0 N–H and O–H groups in total. The van der Waals surface area contributed by atoms with Crippen LogP contribution in [0.1, 0.15) is 41.5 Å². The van der Waals surface area contributed by atoms with Gasteiger partial charge in [0.05, 0.1) is 10.8 Å². The lowest BCUT2D eigenvalue weighted by molar-refractivity contribution is 0.448. The topological polar surface area (TPSA) is 17.1 Å². The molecule has 4 heteroatoms. The van der Waals surface area contributed by atoms with Gasteiger partial charge in [-0.15, -0.1) is 0 Å². The molecule has 0 spiro atoms. The highest BCUT2D eigenvalue weighted by Crippen LogP contribution is 2.50. The highest BCUT2D eigenvalue weighted by atomic mass is 79.9. The minimum Gasteiger partial charge on any atom is -0.257 e. The van der Waals surface area contributed by atoms with Gasteiger partial charge in [-0.3, -0.25) is 4.21 Å². The third-order valence-corrected chi connectivity index (χ3v) is 7.18. The summed E-state index contributed by atoms with van der Waals surface area (Å²) in [5.74, 6) is 0. The van der Waals surface area contributed by atoms with Crippen molar-refractivity contribution in [3.63, 3.8) is 0 Å². The van der Waals surface area contributed by atoms with Crippen LogP contribution in [0.5, 0.6) is 0 Å². The summed E-state index contributed by atoms with van der Waals surface area (Å²) in [6.45, 7) is 13.1. The number of rotatable bonds is 0. The maximum absolute atomic E-state index is 12.2. The molecule has 0 fully saturated rings. The zero-order chi connectivity index (χ0) is 12.9. The maximum Gasteiger partial charge on any atom is 0.113 e. The summed E-state index contributed by atoms with van der Waals surface area (Å²) in [5, 5.41) is 0. The Morgan fingerprint density at radius 2 is 1.12 bits per heavy atom. The lowest BCUT2D eigenvalue weighted by atomic mass is 9.76. The van der Waals surface area contributed by atoms with Gasteiger partial charge in [0, 0.05) is 0 Å². The summed E-state index contributed by atoms with van der Waals surface area (Å²) >= 11 is 7.18. The van der Waals surface area contributed by atoms with Gasteiger partial charge in [-0.2, -0.15) is 0 Å². The van der Waals surface area contributed by atoms with E-state index in [1.165, 1.54) is 11.1 Å². The Bertz CT molecular complexity index is 315. The fourth-order valence-corrected chi connectivity index (χ4v) is 7.74. The SMILES string of the molecule is CC(C)(C)C1=C(C(C)(C)C)[C@H](Br)S(=O)[C@@H]1Br. The number of hydrogen-bond acceptors (Lipinski definition) is 1.